The predicted molar refractivity (Wildman–Crippen MR) is 112 cm³/mol. The van der Waals surface area contributed by atoms with Gasteiger partial charge in [-0.25, -0.2) is 0 Å². The first-order valence-corrected chi connectivity index (χ1v) is 9.15. The molecule has 0 bridgehead atoms. The first-order chi connectivity index (χ1) is 14.1. The van der Waals surface area contributed by atoms with Gasteiger partial charge in [0.05, 0.1) is 0 Å². The highest BCUT2D eigenvalue weighted by Gasteiger charge is 2.07. The summed E-state index contributed by atoms with van der Waals surface area (Å²) in [6, 6.07) is 23.9. The number of aryl methyl sites for hydroxylation is 1. The highest BCUT2D eigenvalue weighted by Crippen LogP contribution is 2.22. The first-order valence-electron chi connectivity index (χ1n) is 9.15. The number of carbonyl (C=O) groups is 2. The van der Waals surface area contributed by atoms with Crippen molar-refractivity contribution in [2.75, 3.05) is 23.8 Å². The Balaban J connectivity index is 1.38. The van der Waals surface area contributed by atoms with E-state index < -0.39 is 0 Å². The third kappa shape index (κ3) is 6.79. The molecule has 6 nitrogen and oxygen atoms in total. The summed E-state index contributed by atoms with van der Waals surface area (Å²) >= 11 is 0. The van der Waals surface area contributed by atoms with E-state index in [1.807, 2.05) is 61.5 Å². The number of ether oxygens (including phenoxy) is 2. The molecule has 0 fully saturated rings. The van der Waals surface area contributed by atoms with Crippen LogP contribution in [0, 0.1) is 6.92 Å². The van der Waals surface area contributed by atoms with Crippen molar-refractivity contribution in [1.29, 1.82) is 0 Å². The first kappa shape index (κ1) is 20.1. The molecule has 6 heteroatoms. The smallest absolute Gasteiger partial charge is 0.250 e. The van der Waals surface area contributed by atoms with E-state index in [9.17, 15) is 9.59 Å². The van der Waals surface area contributed by atoms with E-state index in [4.69, 9.17) is 9.47 Å². The lowest BCUT2D eigenvalue weighted by atomic mass is 10.2. The Morgan fingerprint density at radius 1 is 0.690 bits per heavy atom. The third-order valence-corrected chi connectivity index (χ3v) is 3.92. The summed E-state index contributed by atoms with van der Waals surface area (Å²) in [5, 5.41) is 5.42. The van der Waals surface area contributed by atoms with E-state index in [0.717, 1.165) is 11.3 Å². The van der Waals surface area contributed by atoms with Gasteiger partial charge in [0.25, 0.3) is 0 Å². The molecule has 0 spiro atoms. The van der Waals surface area contributed by atoms with Crippen LogP contribution in [0.15, 0.2) is 78.9 Å². The van der Waals surface area contributed by atoms with Crippen molar-refractivity contribution in [3.8, 4) is 11.5 Å². The van der Waals surface area contributed by atoms with Crippen molar-refractivity contribution >= 4 is 23.2 Å². The maximum atomic E-state index is 12.0. The van der Waals surface area contributed by atoms with Crippen LogP contribution in [0.1, 0.15) is 5.56 Å². The fourth-order valence-corrected chi connectivity index (χ4v) is 2.50. The maximum Gasteiger partial charge on any atom is 0.250 e. The summed E-state index contributed by atoms with van der Waals surface area (Å²) in [5.41, 5.74) is 2.41. The molecule has 0 aliphatic carbocycles. The van der Waals surface area contributed by atoms with Crippen molar-refractivity contribution in [1.82, 2.24) is 0 Å². The molecule has 0 aliphatic heterocycles. The molecule has 148 valence electrons. The Kier molecular flexibility index (Phi) is 6.97. The molecular weight excluding hydrogens is 368 g/mol. The number of anilines is 2. The zero-order valence-corrected chi connectivity index (χ0v) is 16.1. The van der Waals surface area contributed by atoms with Gasteiger partial charge in [0.1, 0.15) is 24.7 Å². The van der Waals surface area contributed by atoms with Gasteiger partial charge < -0.3 is 20.1 Å². The molecule has 3 rings (SSSR count). The van der Waals surface area contributed by atoms with Crippen LogP contribution in [0.4, 0.5) is 11.4 Å². The van der Waals surface area contributed by atoms with E-state index in [2.05, 4.69) is 10.6 Å². The average molecular weight is 390 g/mol. The van der Waals surface area contributed by atoms with Gasteiger partial charge in [-0.15, -0.1) is 0 Å². The van der Waals surface area contributed by atoms with Gasteiger partial charge in [0.2, 0.25) is 11.8 Å². The molecule has 0 aromatic heterocycles. The van der Waals surface area contributed by atoms with Gasteiger partial charge in [-0.05, 0) is 55.5 Å². The Morgan fingerprint density at radius 2 is 1.17 bits per heavy atom. The van der Waals surface area contributed by atoms with Crippen molar-refractivity contribution in [3.63, 3.8) is 0 Å². The topological polar surface area (TPSA) is 76.7 Å². The van der Waals surface area contributed by atoms with Crippen LogP contribution in [-0.2, 0) is 14.3 Å². The standard InChI is InChI=1S/C23H22N2O4/c1-17-7-9-18(10-8-17)24-22(26)15-28-16-23(27)25-19-11-13-21(14-12-19)29-20-5-3-2-4-6-20/h2-14H,15-16H2,1H3,(H,24,26)(H,25,27). The van der Waals surface area contributed by atoms with Crippen LogP contribution in [0.3, 0.4) is 0 Å². The molecule has 0 saturated heterocycles. The molecule has 0 saturated carbocycles. The van der Waals surface area contributed by atoms with E-state index in [-0.39, 0.29) is 25.0 Å². The average Bonchev–Trinajstić information content (AvgIpc) is 2.72. The minimum atomic E-state index is -0.343. The number of carbonyl (C=O) groups excluding carboxylic acids is 2. The van der Waals surface area contributed by atoms with Gasteiger partial charge in [-0.2, -0.15) is 0 Å². The number of rotatable bonds is 8. The fraction of sp³-hybridized carbons (Fsp3) is 0.130. The lowest BCUT2D eigenvalue weighted by Crippen LogP contribution is -2.23. The van der Waals surface area contributed by atoms with E-state index in [1.165, 1.54) is 0 Å². The lowest BCUT2D eigenvalue weighted by molar-refractivity contribution is -0.125. The molecule has 3 aromatic carbocycles. The molecule has 0 aliphatic rings. The van der Waals surface area contributed by atoms with Gasteiger partial charge in [-0.1, -0.05) is 35.9 Å². The Labute approximate surface area is 169 Å². The molecule has 0 atom stereocenters. The molecule has 0 heterocycles. The Hall–Kier alpha value is -3.64. The summed E-state index contributed by atoms with van der Waals surface area (Å²) in [5.74, 6) is 0.744. The highest BCUT2D eigenvalue weighted by atomic mass is 16.5. The molecule has 3 aromatic rings. The maximum absolute atomic E-state index is 12.0. The van der Waals surface area contributed by atoms with Gasteiger partial charge in [-0.3, -0.25) is 9.59 Å². The van der Waals surface area contributed by atoms with Crippen LogP contribution in [-0.4, -0.2) is 25.0 Å². The van der Waals surface area contributed by atoms with Crippen LogP contribution < -0.4 is 15.4 Å². The SMILES string of the molecule is Cc1ccc(NC(=O)COCC(=O)Nc2ccc(Oc3ccccc3)cc2)cc1. The van der Waals surface area contributed by atoms with Gasteiger partial charge in [0, 0.05) is 11.4 Å². The molecule has 2 N–H and O–H groups in total. The quantitative estimate of drug-likeness (QED) is 0.598. The minimum absolute atomic E-state index is 0.203. The van der Waals surface area contributed by atoms with Crippen LogP contribution in [0.5, 0.6) is 11.5 Å². The highest BCUT2D eigenvalue weighted by molar-refractivity contribution is 5.93. The normalized spacial score (nSPS) is 10.2. The van der Waals surface area contributed by atoms with Gasteiger partial charge in [0.15, 0.2) is 0 Å². The Bertz CT molecular complexity index is 939. The third-order valence-electron chi connectivity index (χ3n) is 3.92. The van der Waals surface area contributed by atoms with Crippen LogP contribution in [0.2, 0.25) is 0 Å². The van der Waals surface area contributed by atoms with E-state index >= 15 is 0 Å². The number of amides is 2. The van der Waals surface area contributed by atoms with E-state index in [1.54, 1.807) is 24.3 Å². The number of benzene rings is 3. The largest absolute Gasteiger partial charge is 0.457 e. The summed E-state index contributed by atoms with van der Waals surface area (Å²) in [6.45, 7) is 1.55. The molecular formula is C23H22N2O4. The molecule has 2 amide bonds. The number of nitrogens with one attached hydrogen (secondary N) is 2. The zero-order chi connectivity index (χ0) is 20.5. The number of hydrogen-bond acceptors (Lipinski definition) is 4. The second kappa shape index (κ2) is 10.1. The van der Waals surface area contributed by atoms with Crippen molar-refractivity contribution in [2.45, 2.75) is 6.92 Å². The fourth-order valence-electron chi connectivity index (χ4n) is 2.50. The summed E-state index contributed by atoms with van der Waals surface area (Å²) in [7, 11) is 0. The lowest BCUT2D eigenvalue weighted by Gasteiger charge is -2.09. The summed E-state index contributed by atoms with van der Waals surface area (Å²) < 4.78 is 10.9. The minimum Gasteiger partial charge on any atom is -0.457 e. The monoisotopic (exact) mass is 390 g/mol. The Morgan fingerprint density at radius 3 is 1.72 bits per heavy atom. The molecule has 0 radical (unpaired) electrons. The van der Waals surface area contributed by atoms with Crippen molar-refractivity contribution < 1.29 is 19.1 Å². The van der Waals surface area contributed by atoms with Crippen molar-refractivity contribution in [3.05, 3.63) is 84.4 Å². The summed E-state index contributed by atoms with van der Waals surface area (Å²) in [6.07, 6.45) is 0. The zero-order valence-electron chi connectivity index (χ0n) is 16.1. The second-order valence-corrected chi connectivity index (χ2v) is 6.39. The number of para-hydroxylation sites is 1. The predicted octanol–water partition coefficient (Wildman–Crippen LogP) is 4.38. The molecule has 0 unspecified atom stereocenters. The van der Waals surface area contributed by atoms with Gasteiger partial charge >= 0.3 is 0 Å². The van der Waals surface area contributed by atoms with Crippen molar-refractivity contribution in [2.24, 2.45) is 0 Å². The van der Waals surface area contributed by atoms with E-state index in [0.29, 0.717) is 17.1 Å². The van der Waals surface area contributed by atoms with Crippen LogP contribution >= 0.6 is 0 Å². The molecule has 29 heavy (non-hydrogen) atoms. The second-order valence-electron chi connectivity index (χ2n) is 6.39. The summed E-state index contributed by atoms with van der Waals surface area (Å²) in [4.78, 5) is 23.8. The van der Waals surface area contributed by atoms with Crippen LogP contribution in [0.25, 0.3) is 0 Å². The number of hydrogen-bond donors (Lipinski definition) is 2.